The summed E-state index contributed by atoms with van der Waals surface area (Å²) in [5.41, 5.74) is 2.07. The molecule has 2 aromatic rings. The molecule has 110 valence electrons. The smallest absolute Gasteiger partial charge is 0.237 e. The average Bonchev–Trinajstić information content (AvgIpc) is 3.11. The van der Waals surface area contributed by atoms with Crippen LogP contribution in [0.25, 0.3) is 0 Å². The molecule has 0 atom stereocenters. The van der Waals surface area contributed by atoms with Crippen LogP contribution in [0.5, 0.6) is 0 Å². The van der Waals surface area contributed by atoms with E-state index >= 15 is 0 Å². The molecule has 1 fully saturated rings. The lowest BCUT2D eigenvalue weighted by Gasteiger charge is -2.21. The molecule has 0 spiro atoms. The van der Waals surface area contributed by atoms with Crippen molar-refractivity contribution in [2.45, 2.75) is 44.4 Å². The van der Waals surface area contributed by atoms with Crippen molar-refractivity contribution in [3.63, 3.8) is 0 Å². The molecule has 0 bridgehead atoms. The van der Waals surface area contributed by atoms with Gasteiger partial charge in [0, 0.05) is 0 Å². The Kier molecular flexibility index (Phi) is 3.08. The number of amides is 1. The minimum absolute atomic E-state index is 0.0113. The fourth-order valence-corrected chi connectivity index (χ4v) is 2.55. The van der Waals surface area contributed by atoms with Crippen LogP contribution in [-0.4, -0.2) is 21.1 Å². The van der Waals surface area contributed by atoms with Crippen molar-refractivity contribution in [1.82, 2.24) is 15.2 Å². The van der Waals surface area contributed by atoms with Crippen molar-refractivity contribution in [1.29, 1.82) is 0 Å². The molecule has 1 aromatic carbocycles. The largest absolute Gasteiger partial charge is 0.294 e. The van der Waals surface area contributed by atoms with Crippen LogP contribution in [0, 0.1) is 0 Å². The molecule has 5 nitrogen and oxygen atoms in total. The number of rotatable bonds is 3. The minimum Gasteiger partial charge on any atom is -0.294 e. The molecule has 2 N–H and O–H groups in total. The summed E-state index contributed by atoms with van der Waals surface area (Å²) < 4.78 is 0. The molecular formula is C16H20N4O. The standard InChI is InChI=1S/C16H20N4O/c1-15(2,3)11-4-6-12(7-5-11)16(8-9-16)13(21)19-14-17-10-18-20-14/h4-7,10H,8-9H2,1-3H3,(H2,17,18,19,20,21). The monoisotopic (exact) mass is 284 g/mol. The minimum atomic E-state index is -0.400. The normalized spacial score (nSPS) is 16.5. The summed E-state index contributed by atoms with van der Waals surface area (Å²) in [6.45, 7) is 6.56. The Morgan fingerprint density at radius 1 is 1.24 bits per heavy atom. The molecule has 1 aromatic heterocycles. The van der Waals surface area contributed by atoms with Gasteiger partial charge in [-0.25, -0.2) is 5.10 Å². The number of benzene rings is 1. The Labute approximate surface area is 124 Å². The van der Waals surface area contributed by atoms with Gasteiger partial charge in [-0.15, -0.1) is 0 Å². The SMILES string of the molecule is CC(C)(C)c1ccc(C2(C(=O)Nc3ncn[nH]3)CC2)cc1. The van der Waals surface area contributed by atoms with Crippen LogP contribution in [0.1, 0.15) is 44.7 Å². The number of hydrogen-bond acceptors (Lipinski definition) is 3. The lowest BCUT2D eigenvalue weighted by atomic mass is 9.85. The van der Waals surface area contributed by atoms with Gasteiger partial charge in [-0.1, -0.05) is 45.0 Å². The highest BCUT2D eigenvalue weighted by Crippen LogP contribution is 2.49. The van der Waals surface area contributed by atoms with Gasteiger partial charge >= 0.3 is 0 Å². The molecule has 1 heterocycles. The van der Waals surface area contributed by atoms with Crippen LogP contribution in [0.3, 0.4) is 0 Å². The topological polar surface area (TPSA) is 70.7 Å². The Bertz CT molecular complexity index is 634. The average molecular weight is 284 g/mol. The maximum atomic E-state index is 12.5. The van der Waals surface area contributed by atoms with Gasteiger partial charge in [-0.3, -0.25) is 10.1 Å². The Hall–Kier alpha value is -2.17. The summed E-state index contributed by atoms with van der Waals surface area (Å²) in [6.07, 6.45) is 3.14. The van der Waals surface area contributed by atoms with E-state index in [4.69, 9.17) is 0 Å². The van der Waals surface area contributed by atoms with Crippen LogP contribution in [-0.2, 0) is 15.6 Å². The van der Waals surface area contributed by atoms with E-state index in [9.17, 15) is 4.79 Å². The van der Waals surface area contributed by atoms with Crippen molar-refractivity contribution in [2.75, 3.05) is 5.32 Å². The number of H-pyrrole nitrogens is 1. The van der Waals surface area contributed by atoms with E-state index in [1.165, 1.54) is 11.9 Å². The fraction of sp³-hybridized carbons (Fsp3) is 0.438. The molecule has 1 amide bonds. The molecule has 0 saturated heterocycles. The molecule has 3 rings (SSSR count). The predicted molar refractivity (Wildman–Crippen MR) is 81.1 cm³/mol. The third-order valence-electron chi connectivity index (χ3n) is 4.14. The third kappa shape index (κ3) is 2.55. The maximum Gasteiger partial charge on any atom is 0.237 e. The van der Waals surface area contributed by atoms with E-state index in [1.54, 1.807) is 0 Å². The lowest BCUT2D eigenvalue weighted by Crippen LogP contribution is -2.28. The van der Waals surface area contributed by atoms with Gasteiger partial charge in [0.15, 0.2) is 0 Å². The van der Waals surface area contributed by atoms with E-state index in [1.807, 2.05) is 0 Å². The second-order valence-corrected chi connectivity index (χ2v) is 6.70. The second kappa shape index (κ2) is 4.69. The highest BCUT2D eigenvalue weighted by atomic mass is 16.2. The van der Waals surface area contributed by atoms with Gasteiger partial charge < -0.3 is 0 Å². The second-order valence-electron chi connectivity index (χ2n) is 6.70. The van der Waals surface area contributed by atoms with Crippen molar-refractivity contribution in [3.05, 3.63) is 41.7 Å². The number of aromatic nitrogens is 3. The van der Waals surface area contributed by atoms with Crippen LogP contribution < -0.4 is 5.32 Å². The van der Waals surface area contributed by atoms with Crippen LogP contribution in [0.4, 0.5) is 5.95 Å². The number of nitrogens with zero attached hydrogens (tertiary/aromatic N) is 2. The first-order valence-corrected chi connectivity index (χ1v) is 7.20. The first-order chi connectivity index (χ1) is 9.92. The van der Waals surface area contributed by atoms with Crippen molar-refractivity contribution < 1.29 is 4.79 Å². The molecule has 0 unspecified atom stereocenters. The van der Waals surface area contributed by atoms with E-state index in [-0.39, 0.29) is 11.3 Å². The molecule has 1 aliphatic carbocycles. The highest BCUT2D eigenvalue weighted by molar-refractivity contribution is 6.00. The first-order valence-electron chi connectivity index (χ1n) is 7.20. The number of anilines is 1. The van der Waals surface area contributed by atoms with Crippen molar-refractivity contribution in [2.24, 2.45) is 0 Å². The predicted octanol–water partition coefficient (Wildman–Crippen LogP) is 2.77. The van der Waals surface area contributed by atoms with Gasteiger partial charge in [-0.05, 0) is 29.4 Å². The number of aromatic amines is 1. The molecule has 5 heteroatoms. The van der Waals surface area contributed by atoms with E-state index in [0.29, 0.717) is 5.95 Å². The number of nitrogens with one attached hydrogen (secondary N) is 2. The third-order valence-corrected chi connectivity index (χ3v) is 4.14. The van der Waals surface area contributed by atoms with E-state index in [2.05, 4.69) is 65.5 Å². The van der Waals surface area contributed by atoms with Crippen molar-refractivity contribution in [3.8, 4) is 0 Å². The molecule has 0 aliphatic heterocycles. The zero-order valence-electron chi connectivity index (χ0n) is 12.6. The summed E-state index contributed by atoms with van der Waals surface area (Å²) in [7, 11) is 0. The summed E-state index contributed by atoms with van der Waals surface area (Å²) in [4.78, 5) is 16.4. The summed E-state index contributed by atoms with van der Waals surface area (Å²) >= 11 is 0. The van der Waals surface area contributed by atoms with Crippen LogP contribution in [0.15, 0.2) is 30.6 Å². The summed E-state index contributed by atoms with van der Waals surface area (Å²) in [5.74, 6) is 0.389. The molecule has 1 aliphatic rings. The van der Waals surface area contributed by atoms with Crippen LogP contribution in [0.2, 0.25) is 0 Å². The fourth-order valence-electron chi connectivity index (χ4n) is 2.55. The van der Waals surface area contributed by atoms with Gasteiger partial charge in [-0.2, -0.15) is 10.1 Å². The zero-order valence-corrected chi connectivity index (χ0v) is 12.6. The van der Waals surface area contributed by atoms with Gasteiger partial charge in [0.2, 0.25) is 11.9 Å². The number of hydrogen-bond donors (Lipinski definition) is 2. The molecule has 21 heavy (non-hydrogen) atoms. The highest BCUT2D eigenvalue weighted by Gasteiger charge is 2.51. The Morgan fingerprint density at radius 2 is 1.90 bits per heavy atom. The number of carbonyl (C=O) groups is 1. The van der Waals surface area contributed by atoms with Crippen molar-refractivity contribution >= 4 is 11.9 Å². The van der Waals surface area contributed by atoms with Gasteiger partial charge in [0.05, 0.1) is 5.41 Å². The van der Waals surface area contributed by atoms with E-state index < -0.39 is 5.41 Å². The van der Waals surface area contributed by atoms with Gasteiger partial charge in [0.1, 0.15) is 6.33 Å². The summed E-state index contributed by atoms with van der Waals surface area (Å²) in [5, 5.41) is 9.19. The molecule has 0 radical (unpaired) electrons. The summed E-state index contributed by atoms with van der Waals surface area (Å²) in [6, 6.07) is 8.40. The maximum absolute atomic E-state index is 12.5. The van der Waals surface area contributed by atoms with Crippen LogP contribution >= 0.6 is 0 Å². The Balaban J connectivity index is 1.81. The lowest BCUT2D eigenvalue weighted by molar-refractivity contribution is -0.118. The quantitative estimate of drug-likeness (QED) is 0.910. The first kappa shape index (κ1) is 13.8. The molecule has 1 saturated carbocycles. The molecular weight excluding hydrogens is 264 g/mol. The Morgan fingerprint density at radius 3 is 2.38 bits per heavy atom. The number of carbonyl (C=O) groups excluding carboxylic acids is 1. The zero-order chi connectivity index (χ0) is 15.1. The van der Waals surface area contributed by atoms with E-state index in [0.717, 1.165) is 18.4 Å². The van der Waals surface area contributed by atoms with Gasteiger partial charge in [0.25, 0.3) is 0 Å².